The number of rotatable bonds is 6. The number of nitrogens with zero attached hydrogens (tertiary/aromatic N) is 1. The second-order valence-corrected chi connectivity index (χ2v) is 5.28. The Morgan fingerprint density at radius 2 is 2.29 bits per heavy atom. The van der Waals surface area contributed by atoms with Gasteiger partial charge in [-0.1, -0.05) is 32.3 Å². The van der Waals surface area contributed by atoms with E-state index in [0.29, 0.717) is 6.04 Å². The Balaban J connectivity index is 1.79. The summed E-state index contributed by atoms with van der Waals surface area (Å²) < 4.78 is 0. The van der Waals surface area contributed by atoms with Crippen molar-refractivity contribution < 1.29 is 0 Å². The van der Waals surface area contributed by atoms with Gasteiger partial charge in [0.2, 0.25) is 0 Å². The minimum Gasteiger partial charge on any atom is -0.309 e. The van der Waals surface area contributed by atoms with Gasteiger partial charge in [-0.25, -0.2) is 0 Å². The molecule has 0 spiro atoms. The Morgan fingerprint density at radius 1 is 1.47 bits per heavy atom. The van der Waals surface area contributed by atoms with Crippen LogP contribution < -0.4 is 5.32 Å². The Bertz CT molecular complexity index is 345. The van der Waals surface area contributed by atoms with E-state index in [2.05, 4.69) is 30.2 Å². The monoisotopic (exact) mass is 232 g/mol. The maximum atomic E-state index is 4.47. The van der Waals surface area contributed by atoms with E-state index in [1.54, 1.807) is 0 Å². The van der Waals surface area contributed by atoms with E-state index in [0.717, 1.165) is 18.9 Å². The Labute approximate surface area is 105 Å². The normalized spacial score (nSPS) is 17.8. The maximum Gasteiger partial charge on any atom is 0.0573 e. The van der Waals surface area contributed by atoms with Crippen LogP contribution in [0, 0.1) is 5.92 Å². The zero-order valence-corrected chi connectivity index (χ0v) is 11.1. The SMILES string of the molecule is CCc1cccnc1CNC(C)CC1CCC1. The fourth-order valence-electron chi connectivity index (χ4n) is 2.54. The molecule has 0 radical (unpaired) electrons. The highest BCUT2D eigenvalue weighted by Crippen LogP contribution is 2.30. The first-order valence-electron chi connectivity index (χ1n) is 6.95. The van der Waals surface area contributed by atoms with Crippen molar-refractivity contribution in [2.24, 2.45) is 5.92 Å². The van der Waals surface area contributed by atoms with Gasteiger partial charge in [0.05, 0.1) is 5.69 Å². The summed E-state index contributed by atoms with van der Waals surface area (Å²) in [5, 5.41) is 3.61. The van der Waals surface area contributed by atoms with Crippen molar-refractivity contribution in [3.05, 3.63) is 29.6 Å². The number of pyridine rings is 1. The van der Waals surface area contributed by atoms with E-state index in [9.17, 15) is 0 Å². The second-order valence-electron chi connectivity index (χ2n) is 5.28. The Kier molecular flexibility index (Phi) is 4.55. The molecule has 1 aliphatic carbocycles. The van der Waals surface area contributed by atoms with E-state index < -0.39 is 0 Å². The van der Waals surface area contributed by atoms with Crippen LogP contribution in [0.3, 0.4) is 0 Å². The molecule has 1 heterocycles. The first-order chi connectivity index (χ1) is 8.29. The molecule has 1 aromatic rings. The van der Waals surface area contributed by atoms with Gasteiger partial charge in [0.15, 0.2) is 0 Å². The molecule has 1 saturated carbocycles. The highest BCUT2D eigenvalue weighted by Gasteiger charge is 2.19. The highest BCUT2D eigenvalue weighted by molar-refractivity contribution is 5.19. The van der Waals surface area contributed by atoms with E-state index in [1.165, 1.54) is 36.9 Å². The van der Waals surface area contributed by atoms with Crippen molar-refractivity contribution in [3.8, 4) is 0 Å². The standard InChI is InChI=1S/C15H24N2/c1-3-14-8-5-9-16-15(14)11-17-12(2)10-13-6-4-7-13/h5,8-9,12-13,17H,3-4,6-7,10-11H2,1-2H3. The molecule has 1 N–H and O–H groups in total. The molecule has 1 fully saturated rings. The average Bonchev–Trinajstić information content (AvgIpc) is 2.31. The summed E-state index contributed by atoms with van der Waals surface area (Å²) in [4.78, 5) is 4.47. The lowest BCUT2D eigenvalue weighted by Crippen LogP contribution is -2.30. The van der Waals surface area contributed by atoms with Crippen molar-refractivity contribution in [1.82, 2.24) is 10.3 Å². The second kappa shape index (κ2) is 6.15. The van der Waals surface area contributed by atoms with Crippen LogP contribution in [0.5, 0.6) is 0 Å². The van der Waals surface area contributed by atoms with Gasteiger partial charge in [0.1, 0.15) is 0 Å². The van der Waals surface area contributed by atoms with Crippen LogP contribution in [-0.2, 0) is 13.0 Å². The van der Waals surface area contributed by atoms with Gasteiger partial charge in [-0.05, 0) is 37.3 Å². The Morgan fingerprint density at radius 3 is 2.94 bits per heavy atom. The smallest absolute Gasteiger partial charge is 0.0573 e. The number of hydrogen-bond donors (Lipinski definition) is 1. The molecule has 2 heteroatoms. The molecule has 0 aliphatic heterocycles. The lowest BCUT2D eigenvalue weighted by atomic mass is 9.81. The minimum atomic E-state index is 0.618. The van der Waals surface area contributed by atoms with Crippen molar-refractivity contribution in [1.29, 1.82) is 0 Å². The van der Waals surface area contributed by atoms with E-state index >= 15 is 0 Å². The molecule has 1 aliphatic rings. The van der Waals surface area contributed by atoms with Crippen LogP contribution in [0.4, 0.5) is 0 Å². The van der Waals surface area contributed by atoms with E-state index in [1.807, 2.05) is 12.3 Å². The minimum absolute atomic E-state index is 0.618. The zero-order valence-electron chi connectivity index (χ0n) is 11.1. The summed E-state index contributed by atoms with van der Waals surface area (Å²) in [6.45, 7) is 5.41. The van der Waals surface area contributed by atoms with Gasteiger partial charge < -0.3 is 5.32 Å². The summed E-state index contributed by atoms with van der Waals surface area (Å²) >= 11 is 0. The fraction of sp³-hybridized carbons (Fsp3) is 0.667. The van der Waals surface area contributed by atoms with Gasteiger partial charge in [0, 0.05) is 18.8 Å². The van der Waals surface area contributed by atoms with Crippen LogP contribution in [0.25, 0.3) is 0 Å². The summed E-state index contributed by atoms with van der Waals surface area (Å²) in [5.41, 5.74) is 2.59. The third-order valence-corrected chi connectivity index (χ3v) is 3.90. The summed E-state index contributed by atoms with van der Waals surface area (Å²) in [5.74, 6) is 0.979. The predicted octanol–water partition coefficient (Wildman–Crippen LogP) is 3.31. The molecule has 1 unspecified atom stereocenters. The predicted molar refractivity (Wildman–Crippen MR) is 71.9 cm³/mol. The zero-order chi connectivity index (χ0) is 12.1. The highest BCUT2D eigenvalue weighted by atomic mass is 14.9. The van der Waals surface area contributed by atoms with Gasteiger partial charge >= 0.3 is 0 Å². The number of nitrogens with one attached hydrogen (secondary N) is 1. The molecule has 2 rings (SSSR count). The first-order valence-corrected chi connectivity index (χ1v) is 6.95. The van der Waals surface area contributed by atoms with Crippen molar-refractivity contribution in [2.45, 2.75) is 58.5 Å². The topological polar surface area (TPSA) is 24.9 Å². The summed E-state index contributed by atoms with van der Waals surface area (Å²) in [6, 6.07) is 4.83. The number of aryl methyl sites for hydroxylation is 1. The van der Waals surface area contributed by atoms with Gasteiger partial charge in [-0.2, -0.15) is 0 Å². The van der Waals surface area contributed by atoms with Crippen LogP contribution in [0.1, 0.15) is 50.8 Å². The molecule has 94 valence electrons. The molecule has 0 bridgehead atoms. The average molecular weight is 232 g/mol. The quantitative estimate of drug-likeness (QED) is 0.814. The molecule has 1 atom stereocenters. The fourth-order valence-corrected chi connectivity index (χ4v) is 2.54. The molecular weight excluding hydrogens is 208 g/mol. The van der Waals surface area contributed by atoms with E-state index in [4.69, 9.17) is 0 Å². The molecule has 0 aromatic carbocycles. The van der Waals surface area contributed by atoms with Crippen molar-refractivity contribution in [3.63, 3.8) is 0 Å². The lowest BCUT2D eigenvalue weighted by Gasteiger charge is -2.28. The molecule has 0 amide bonds. The van der Waals surface area contributed by atoms with Crippen LogP contribution >= 0.6 is 0 Å². The lowest BCUT2D eigenvalue weighted by molar-refractivity contribution is 0.265. The molecule has 1 aromatic heterocycles. The van der Waals surface area contributed by atoms with Gasteiger partial charge in [0.25, 0.3) is 0 Å². The van der Waals surface area contributed by atoms with Gasteiger partial charge in [-0.3, -0.25) is 4.98 Å². The Hall–Kier alpha value is -0.890. The molecular formula is C15H24N2. The van der Waals surface area contributed by atoms with Gasteiger partial charge in [-0.15, -0.1) is 0 Å². The van der Waals surface area contributed by atoms with Crippen LogP contribution in [0.2, 0.25) is 0 Å². The van der Waals surface area contributed by atoms with Crippen molar-refractivity contribution in [2.75, 3.05) is 0 Å². The molecule has 2 nitrogen and oxygen atoms in total. The first kappa shape index (κ1) is 12.6. The number of hydrogen-bond acceptors (Lipinski definition) is 2. The van der Waals surface area contributed by atoms with Crippen molar-refractivity contribution >= 4 is 0 Å². The number of aromatic nitrogens is 1. The molecule has 17 heavy (non-hydrogen) atoms. The molecule has 0 saturated heterocycles. The third kappa shape index (κ3) is 3.53. The summed E-state index contributed by atoms with van der Waals surface area (Å²) in [6.07, 6.45) is 8.62. The van der Waals surface area contributed by atoms with Crippen LogP contribution in [-0.4, -0.2) is 11.0 Å². The van der Waals surface area contributed by atoms with E-state index in [-0.39, 0.29) is 0 Å². The largest absolute Gasteiger partial charge is 0.309 e. The van der Waals surface area contributed by atoms with Crippen LogP contribution in [0.15, 0.2) is 18.3 Å². The maximum absolute atomic E-state index is 4.47. The summed E-state index contributed by atoms with van der Waals surface area (Å²) in [7, 11) is 0. The third-order valence-electron chi connectivity index (χ3n) is 3.90.